The van der Waals surface area contributed by atoms with E-state index in [-0.39, 0.29) is 24.8 Å². The minimum Gasteiger partial charge on any atom is -0.394 e. The number of aliphatic hydroxyl groups is 1. The zero-order valence-electron chi connectivity index (χ0n) is 8.23. The van der Waals surface area contributed by atoms with Gasteiger partial charge in [0.25, 0.3) is 0 Å². The van der Waals surface area contributed by atoms with E-state index in [0.29, 0.717) is 13.2 Å². The standard InChI is InChI=1S/C8H17BO4/c1-11-5-6-4-7(8(9)13-6)12-3-2-10/h6-8,10H,2-5,9H2,1H3. The van der Waals surface area contributed by atoms with Gasteiger partial charge in [0.15, 0.2) is 0 Å². The first-order valence-corrected chi connectivity index (χ1v) is 4.64. The summed E-state index contributed by atoms with van der Waals surface area (Å²) < 4.78 is 16.0. The third kappa shape index (κ3) is 3.27. The maximum absolute atomic E-state index is 8.59. The second kappa shape index (κ2) is 5.60. The summed E-state index contributed by atoms with van der Waals surface area (Å²) in [5, 5.41) is 8.59. The van der Waals surface area contributed by atoms with Gasteiger partial charge in [-0.05, 0) is 0 Å². The summed E-state index contributed by atoms with van der Waals surface area (Å²) in [7, 11) is 3.65. The van der Waals surface area contributed by atoms with Crippen LogP contribution < -0.4 is 0 Å². The first-order valence-electron chi connectivity index (χ1n) is 4.64. The topological polar surface area (TPSA) is 47.9 Å². The molecular formula is C8H17BO4. The Hall–Kier alpha value is -0.0951. The molecule has 0 radical (unpaired) electrons. The predicted molar refractivity (Wildman–Crippen MR) is 50.5 cm³/mol. The number of ether oxygens (including phenoxy) is 3. The van der Waals surface area contributed by atoms with E-state index in [9.17, 15) is 0 Å². The molecule has 1 aliphatic rings. The van der Waals surface area contributed by atoms with Gasteiger partial charge in [-0.3, -0.25) is 0 Å². The molecule has 3 atom stereocenters. The molecule has 0 aliphatic carbocycles. The quantitative estimate of drug-likeness (QED) is 0.548. The maximum Gasteiger partial charge on any atom is 0.142 e. The Balaban J connectivity index is 2.24. The molecule has 0 saturated carbocycles. The van der Waals surface area contributed by atoms with Crippen LogP contribution in [-0.4, -0.2) is 58.1 Å². The van der Waals surface area contributed by atoms with Crippen LogP contribution in [0.5, 0.6) is 0 Å². The van der Waals surface area contributed by atoms with Crippen molar-refractivity contribution >= 4 is 7.85 Å². The minimum atomic E-state index is 0.0676. The lowest BCUT2D eigenvalue weighted by Crippen LogP contribution is -2.25. The van der Waals surface area contributed by atoms with Crippen LogP contribution in [0.15, 0.2) is 0 Å². The van der Waals surface area contributed by atoms with Gasteiger partial charge in [-0.15, -0.1) is 0 Å². The second-order valence-electron chi connectivity index (χ2n) is 3.29. The predicted octanol–water partition coefficient (Wildman–Crippen LogP) is -1.24. The molecule has 0 aromatic rings. The zero-order chi connectivity index (χ0) is 9.68. The summed E-state index contributed by atoms with van der Waals surface area (Å²) in [6.45, 7) is 1.07. The first kappa shape index (κ1) is 11.0. The average Bonchev–Trinajstić information content (AvgIpc) is 2.44. The van der Waals surface area contributed by atoms with E-state index in [1.807, 2.05) is 7.85 Å². The summed E-state index contributed by atoms with van der Waals surface area (Å²) in [6, 6.07) is 0.103. The monoisotopic (exact) mass is 188 g/mol. The SMILES string of the molecule is BC1OC(COC)CC1OCCO. The fourth-order valence-electron chi connectivity index (χ4n) is 1.60. The third-order valence-corrected chi connectivity index (χ3v) is 2.20. The molecule has 5 heteroatoms. The molecule has 1 N–H and O–H groups in total. The Bertz CT molecular complexity index is 144. The van der Waals surface area contributed by atoms with Gasteiger partial charge in [-0.25, -0.2) is 0 Å². The molecule has 0 amide bonds. The lowest BCUT2D eigenvalue weighted by atomic mass is 9.94. The van der Waals surface area contributed by atoms with Gasteiger partial charge < -0.3 is 19.3 Å². The minimum absolute atomic E-state index is 0.0676. The summed E-state index contributed by atoms with van der Waals surface area (Å²) in [6.07, 6.45) is 1.10. The molecule has 4 nitrogen and oxygen atoms in total. The second-order valence-corrected chi connectivity index (χ2v) is 3.29. The Kier molecular flexibility index (Phi) is 4.73. The van der Waals surface area contributed by atoms with Gasteiger partial charge in [0, 0.05) is 13.5 Å². The van der Waals surface area contributed by atoms with Crippen LogP contribution in [-0.2, 0) is 14.2 Å². The van der Waals surface area contributed by atoms with Gasteiger partial charge in [-0.1, -0.05) is 0 Å². The van der Waals surface area contributed by atoms with Crippen LogP contribution in [0.1, 0.15) is 6.42 Å². The molecule has 13 heavy (non-hydrogen) atoms. The fraction of sp³-hybridized carbons (Fsp3) is 1.00. The zero-order valence-corrected chi connectivity index (χ0v) is 8.23. The van der Waals surface area contributed by atoms with Crippen molar-refractivity contribution in [2.45, 2.75) is 24.6 Å². The van der Waals surface area contributed by atoms with E-state index in [1.165, 1.54) is 0 Å². The molecule has 1 saturated heterocycles. The number of hydrogen-bond acceptors (Lipinski definition) is 4. The molecule has 1 rings (SSSR count). The molecule has 0 aromatic carbocycles. The van der Waals surface area contributed by atoms with Crippen molar-refractivity contribution in [1.82, 2.24) is 0 Å². The Morgan fingerprint density at radius 1 is 1.62 bits per heavy atom. The normalized spacial score (nSPS) is 33.8. The summed E-state index contributed by atoms with van der Waals surface area (Å²) in [5.41, 5.74) is 0. The number of hydrogen-bond donors (Lipinski definition) is 1. The van der Waals surface area contributed by atoms with Crippen molar-refractivity contribution < 1.29 is 19.3 Å². The first-order chi connectivity index (χ1) is 6.27. The summed E-state index contributed by atoms with van der Waals surface area (Å²) >= 11 is 0. The van der Waals surface area contributed by atoms with E-state index in [2.05, 4.69) is 0 Å². The van der Waals surface area contributed by atoms with Gasteiger partial charge in [0.05, 0.1) is 38.0 Å². The van der Waals surface area contributed by atoms with Crippen molar-refractivity contribution in [2.24, 2.45) is 0 Å². The number of rotatable bonds is 5. The molecule has 0 spiro atoms. The molecule has 1 fully saturated rings. The molecule has 0 aromatic heterocycles. The van der Waals surface area contributed by atoms with Crippen molar-refractivity contribution in [3.05, 3.63) is 0 Å². The molecular weight excluding hydrogens is 171 g/mol. The third-order valence-electron chi connectivity index (χ3n) is 2.20. The average molecular weight is 188 g/mol. The highest BCUT2D eigenvalue weighted by Crippen LogP contribution is 2.21. The lowest BCUT2D eigenvalue weighted by Gasteiger charge is -2.13. The van der Waals surface area contributed by atoms with Gasteiger partial charge in [0.2, 0.25) is 0 Å². The van der Waals surface area contributed by atoms with E-state index in [4.69, 9.17) is 19.3 Å². The van der Waals surface area contributed by atoms with Gasteiger partial charge in [0.1, 0.15) is 7.85 Å². The van der Waals surface area contributed by atoms with Crippen molar-refractivity contribution in [3.63, 3.8) is 0 Å². The molecule has 1 aliphatic heterocycles. The van der Waals surface area contributed by atoms with Crippen molar-refractivity contribution in [1.29, 1.82) is 0 Å². The van der Waals surface area contributed by atoms with Crippen molar-refractivity contribution in [2.75, 3.05) is 26.9 Å². The van der Waals surface area contributed by atoms with Crippen LogP contribution in [0.4, 0.5) is 0 Å². The smallest absolute Gasteiger partial charge is 0.142 e. The lowest BCUT2D eigenvalue weighted by molar-refractivity contribution is -0.00691. The van der Waals surface area contributed by atoms with E-state index < -0.39 is 0 Å². The van der Waals surface area contributed by atoms with E-state index >= 15 is 0 Å². The maximum atomic E-state index is 8.59. The van der Waals surface area contributed by atoms with Crippen LogP contribution in [0, 0.1) is 0 Å². The van der Waals surface area contributed by atoms with Crippen molar-refractivity contribution in [3.8, 4) is 0 Å². The van der Waals surface area contributed by atoms with Crippen LogP contribution in [0.25, 0.3) is 0 Å². The van der Waals surface area contributed by atoms with Crippen LogP contribution in [0.2, 0.25) is 0 Å². The summed E-state index contributed by atoms with van der Waals surface area (Å²) in [4.78, 5) is 0. The highest BCUT2D eigenvalue weighted by atomic mass is 16.6. The molecule has 76 valence electrons. The molecule has 3 unspecified atom stereocenters. The van der Waals surface area contributed by atoms with Gasteiger partial charge >= 0.3 is 0 Å². The van der Waals surface area contributed by atoms with Gasteiger partial charge in [-0.2, -0.15) is 0 Å². The fourth-order valence-corrected chi connectivity index (χ4v) is 1.60. The van der Waals surface area contributed by atoms with Crippen LogP contribution >= 0.6 is 0 Å². The molecule has 0 bridgehead atoms. The Labute approximate surface area is 79.6 Å². The van der Waals surface area contributed by atoms with E-state index in [0.717, 1.165) is 6.42 Å². The highest BCUT2D eigenvalue weighted by Gasteiger charge is 2.32. The largest absolute Gasteiger partial charge is 0.394 e. The van der Waals surface area contributed by atoms with E-state index in [1.54, 1.807) is 7.11 Å². The highest BCUT2D eigenvalue weighted by molar-refractivity contribution is 6.11. The van der Waals surface area contributed by atoms with Crippen LogP contribution in [0.3, 0.4) is 0 Å². The number of aliphatic hydroxyl groups excluding tert-OH is 1. The molecule has 1 heterocycles. The number of methoxy groups -OCH3 is 1. The summed E-state index contributed by atoms with van der Waals surface area (Å²) in [5.74, 6) is 0. The Morgan fingerprint density at radius 2 is 2.38 bits per heavy atom. The Morgan fingerprint density at radius 3 is 3.00 bits per heavy atom.